The zero-order valence-corrected chi connectivity index (χ0v) is 20.7. The molecule has 2 atom stereocenters. The Balaban J connectivity index is 3.00. The second-order valence-electron chi connectivity index (χ2n) is 9.59. The molecule has 0 aliphatic rings. The minimum Gasteiger partial charge on any atom is -0.467 e. The smallest absolute Gasteiger partial charge is 0.408 e. The van der Waals surface area contributed by atoms with Crippen LogP contribution in [0.15, 0.2) is 42.5 Å². The van der Waals surface area contributed by atoms with E-state index in [0.29, 0.717) is 0 Å². The lowest BCUT2D eigenvalue weighted by Gasteiger charge is -2.24. The van der Waals surface area contributed by atoms with E-state index in [4.69, 9.17) is 9.47 Å². The molecule has 0 radical (unpaired) electrons. The lowest BCUT2D eigenvalue weighted by molar-refractivity contribution is -0.145. The molecule has 0 unspecified atom stereocenters. The van der Waals surface area contributed by atoms with E-state index in [1.54, 1.807) is 26.8 Å². The van der Waals surface area contributed by atoms with Crippen molar-refractivity contribution < 1.29 is 23.9 Å². The summed E-state index contributed by atoms with van der Waals surface area (Å²) in [5, 5.41) is 5.30. The first kappa shape index (κ1) is 26.4. The third kappa shape index (κ3) is 11.4. The molecule has 31 heavy (non-hydrogen) atoms. The molecule has 1 rings (SSSR count). The number of hydrogen-bond acceptors (Lipinski definition) is 5. The Morgan fingerprint density at radius 3 is 2.19 bits per heavy atom. The van der Waals surface area contributed by atoms with Crippen molar-refractivity contribution in [3.05, 3.63) is 48.0 Å². The molecular formula is C23H36N2O5Si. The van der Waals surface area contributed by atoms with E-state index >= 15 is 0 Å². The van der Waals surface area contributed by atoms with Gasteiger partial charge < -0.3 is 20.1 Å². The Bertz CT molecular complexity index is 766. The van der Waals surface area contributed by atoms with E-state index < -0.39 is 43.7 Å². The largest absolute Gasteiger partial charge is 0.467 e. The van der Waals surface area contributed by atoms with E-state index in [2.05, 4.69) is 30.3 Å². The molecule has 8 heteroatoms. The number of rotatable bonds is 9. The summed E-state index contributed by atoms with van der Waals surface area (Å²) in [6, 6.07) is 8.31. The molecule has 0 bridgehead atoms. The van der Waals surface area contributed by atoms with Crippen LogP contribution in [0.5, 0.6) is 0 Å². The third-order valence-corrected chi connectivity index (χ3v) is 5.56. The zero-order valence-electron chi connectivity index (χ0n) is 19.7. The average molecular weight is 449 g/mol. The number of esters is 1. The molecule has 0 spiro atoms. The predicted molar refractivity (Wildman–Crippen MR) is 125 cm³/mol. The summed E-state index contributed by atoms with van der Waals surface area (Å²) in [7, 11) is -0.106. The number of allylic oxidation sites excluding steroid dienone is 1. The van der Waals surface area contributed by atoms with Gasteiger partial charge in [-0.3, -0.25) is 4.79 Å². The van der Waals surface area contributed by atoms with Crippen molar-refractivity contribution in [1.82, 2.24) is 10.6 Å². The van der Waals surface area contributed by atoms with Crippen LogP contribution in [-0.4, -0.2) is 50.8 Å². The molecule has 0 aliphatic heterocycles. The van der Waals surface area contributed by atoms with Gasteiger partial charge >= 0.3 is 12.1 Å². The van der Waals surface area contributed by atoms with Crippen LogP contribution in [0.25, 0.3) is 0 Å². The monoisotopic (exact) mass is 448 g/mol. The van der Waals surface area contributed by atoms with Crippen molar-refractivity contribution >= 4 is 26.0 Å². The number of hydrogen-bond donors (Lipinski definition) is 2. The number of carbonyl (C=O) groups excluding carboxylic acids is 3. The summed E-state index contributed by atoms with van der Waals surface area (Å²) in [4.78, 5) is 37.5. The molecule has 0 fully saturated rings. The summed E-state index contributed by atoms with van der Waals surface area (Å²) >= 11 is 0. The molecule has 0 aromatic heterocycles. The van der Waals surface area contributed by atoms with Crippen LogP contribution >= 0.6 is 0 Å². The van der Waals surface area contributed by atoms with E-state index in [-0.39, 0.29) is 6.42 Å². The number of methoxy groups -OCH3 is 1. The van der Waals surface area contributed by atoms with E-state index in [9.17, 15) is 14.4 Å². The number of ether oxygens (including phenoxy) is 2. The Hall–Kier alpha value is -2.61. The molecule has 0 aliphatic carbocycles. The number of carbonyl (C=O) groups is 3. The van der Waals surface area contributed by atoms with Gasteiger partial charge in [-0.25, -0.2) is 9.59 Å². The van der Waals surface area contributed by atoms with Crippen LogP contribution in [0.1, 0.15) is 26.3 Å². The van der Waals surface area contributed by atoms with Crippen LogP contribution in [0.4, 0.5) is 4.79 Å². The summed E-state index contributed by atoms with van der Waals surface area (Å²) in [6.07, 6.45) is 3.12. The molecule has 0 heterocycles. The first-order valence-electron chi connectivity index (χ1n) is 10.4. The zero-order chi connectivity index (χ0) is 23.7. The van der Waals surface area contributed by atoms with Gasteiger partial charge in [0.25, 0.3) is 0 Å². The third-order valence-electron chi connectivity index (χ3n) is 4.10. The first-order valence-corrected chi connectivity index (χ1v) is 14.1. The van der Waals surface area contributed by atoms with Crippen LogP contribution in [0.2, 0.25) is 25.7 Å². The van der Waals surface area contributed by atoms with Crippen molar-refractivity contribution in [3.63, 3.8) is 0 Å². The maximum absolute atomic E-state index is 13.0. The van der Waals surface area contributed by atoms with E-state index in [1.807, 2.05) is 36.4 Å². The highest BCUT2D eigenvalue weighted by Crippen LogP contribution is 2.11. The normalized spacial score (nSPS) is 13.9. The fraction of sp³-hybridized carbons (Fsp3) is 0.522. The summed E-state index contributed by atoms with van der Waals surface area (Å²) in [5.74, 6) is -1.07. The molecule has 2 N–H and O–H groups in total. The molecule has 7 nitrogen and oxygen atoms in total. The predicted octanol–water partition coefficient (Wildman–Crippen LogP) is 3.67. The lowest BCUT2D eigenvalue weighted by atomic mass is 10.1. The maximum Gasteiger partial charge on any atom is 0.408 e. The Morgan fingerprint density at radius 1 is 1.06 bits per heavy atom. The summed E-state index contributed by atoms with van der Waals surface area (Å²) in [5.41, 5.74) is 0.179. The fourth-order valence-electron chi connectivity index (χ4n) is 2.64. The van der Waals surface area contributed by atoms with Crippen LogP contribution < -0.4 is 10.6 Å². The topological polar surface area (TPSA) is 93.7 Å². The van der Waals surface area contributed by atoms with Crippen molar-refractivity contribution in [3.8, 4) is 0 Å². The molecule has 1 aromatic rings. The van der Waals surface area contributed by atoms with Crippen molar-refractivity contribution in [2.24, 2.45) is 0 Å². The molecule has 0 saturated heterocycles. The van der Waals surface area contributed by atoms with Gasteiger partial charge in [-0.15, -0.1) is 0 Å². The van der Waals surface area contributed by atoms with Gasteiger partial charge in [0.1, 0.15) is 17.7 Å². The van der Waals surface area contributed by atoms with Gasteiger partial charge in [-0.1, -0.05) is 62.1 Å². The van der Waals surface area contributed by atoms with Gasteiger partial charge in [0.15, 0.2) is 0 Å². The number of amides is 2. The lowest BCUT2D eigenvalue weighted by Crippen LogP contribution is -2.52. The summed E-state index contributed by atoms with van der Waals surface area (Å²) in [6.45, 7) is 11.9. The molecule has 2 amide bonds. The SMILES string of the molecule is COC(=O)[C@H](Cc1ccccc1)NC(=O)[C@@H](/C=C/C[Si](C)(C)C)NC(=O)OC(C)(C)C. The standard InChI is InChI=1S/C23H36N2O5Si/c1-23(2,3)30-22(28)25-18(14-11-15-31(5,6)7)20(26)24-19(21(27)29-4)16-17-12-9-8-10-13-17/h8-14,18-19H,15-16H2,1-7H3,(H,24,26)(H,25,28)/b14-11+/t18-,19+/m1/s1. The Labute approximate surface area is 186 Å². The van der Waals surface area contributed by atoms with Gasteiger partial charge in [-0.05, 0) is 32.4 Å². The number of benzene rings is 1. The number of alkyl carbamates (subject to hydrolysis) is 1. The van der Waals surface area contributed by atoms with Crippen molar-refractivity contribution in [1.29, 1.82) is 0 Å². The van der Waals surface area contributed by atoms with Crippen LogP contribution in [0.3, 0.4) is 0 Å². The van der Waals surface area contributed by atoms with E-state index in [0.717, 1.165) is 11.6 Å². The minimum absolute atomic E-state index is 0.275. The second kappa shape index (κ2) is 11.7. The Kier molecular flexibility index (Phi) is 9.96. The van der Waals surface area contributed by atoms with Gasteiger partial charge in [0, 0.05) is 14.5 Å². The highest BCUT2D eigenvalue weighted by atomic mass is 28.3. The summed E-state index contributed by atoms with van der Waals surface area (Å²) < 4.78 is 10.1. The molecule has 1 aromatic carbocycles. The number of nitrogens with one attached hydrogen (secondary N) is 2. The average Bonchev–Trinajstić information content (AvgIpc) is 2.64. The second-order valence-corrected chi connectivity index (χ2v) is 15.1. The highest BCUT2D eigenvalue weighted by Gasteiger charge is 2.28. The van der Waals surface area contributed by atoms with E-state index in [1.165, 1.54) is 7.11 Å². The quantitative estimate of drug-likeness (QED) is 0.341. The molecule has 172 valence electrons. The van der Waals surface area contributed by atoms with Crippen LogP contribution in [0, 0.1) is 0 Å². The van der Waals surface area contributed by atoms with Gasteiger partial charge in [0.05, 0.1) is 7.11 Å². The molecule has 0 saturated carbocycles. The fourth-order valence-corrected chi connectivity index (χ4v) is 3.48. The molecular weight excluding hydrogens is 412 g/mol. The Morgan fingerprint density at radius 2 is 1.68 bits per heavy atom. The minimum atomic E-state index is -1.38. The highest BCUT2D eigenvalue weighted by molar-refractivity contribution is 6.76. The van der Waals surface area contributed by atoms with Crippen LogP contribution in [-0.2, 0) is 25.5 Å². The van der Waals surface area contributed by atoms with Gasteiger partial charge in [0.2, 0.25) is 5.91 Å². The van der Waals surface area contributed by atoms with Crippen molar-refractivity contribution in [2.75, 3.05) is 7.11 Å². The van der Waals surface area contributed by atoms with Gasteiger partial charge in [-0.2, -0.15) is 0 Å². The maximum atomic E-state index is 13.0. The first-order chi connectivity index (χ1) is 14.3. The van der Waals surface area contributed by atoms with Crippen molar-refractivity contribution in [2.45, 2.75) is 70.6 Å².